The van der Waals surface area contributed by atoms with Gasteiger partial charge in [-0.05, 0) is 42.5 Å². The van der Waals surface area contributed by atoms with Crippen LogP contribution < -0.4 is 15.5 Å². The molecule has 0 bridgehead atoms. The fourth-order valence-corrected chi connectivity index (χ4v) is 2.97. The van der Waals surface area contributed by atoms with Crippen LogP contribution >= 0.6 is 0 Å². The lowest BCUT2D eigenvalue weighted by atomic mass is 10.1. The van der Waals surface area contributed by atoms with E-state index in [0.29, 0.717) is 22.6 Å². The molecule has 2 N–H and O–H groups in total. The smallest absolute Gasteiger partial charge is 0.229 e. The lowest BCUT2D eigenvalue weighted by Crippen LogP contribution is -2.28. The molecule has 1 heterocycles. The van der Waals surface area contributed by atoms with Crippen LogP contribution in [0.1, 0.15) is 18.9 Å². The van der Waals surface area contributed by atoms with E-state index in [0.717, 1.165) is 0 Å². The van der Waals surface area contributed by atoms with Crippen molar-refractivity contribution < 1.29 is 14.4 Å². The third-order valence-electron chi connectivity index (χ3n) is 4.25. The van der Waals surface area contributed by atoms with Crippen molar-refractivity contribution >= 4 is 34.8 Å². The Morgan fingerprint density at radius 1 is 1.11 bits per heavy atom. The van der Waals surface area contributed by atoms with Gasteiger partial charge in [0.1, 0.15) is 0 Å². The van der Waals surface area contributed by atoms with Crippen molar-refractivity contribution in [2.75, 3.05) is 22.1 Å². The minimum absolute atomic E-state index is 0.122. The van der Waals surface area contributed by atoms with Crippen LogP contribution in [0.25, 0.3) is 0 Å². The van der Waals surface area contributed by atoms with Crippen molar-refractivity contribution in [3.63, 3.8) is 0 Å². The van der Waals surface area contributed by atoms with E-state index in [1.807, 2.05) is 6.07 Å². The molecule has 1 fully saturated rings. The van der Waals surface area contributed by atoms with Gasteiger partial charge in [-0.3, -0.25) is 14.4 Å². The number of amides is 3. The van der Waals surface area contributed by atoms with Gasteiger partial charge in [0.05, 0.1) is 17.6 Å². The summed E-state index contributed by atoms with van der Waals surface area (Å²) in [6.45, 7) is 1.69. The van der Waals surface area contributed by atoms with E-state index in [4.69, 9.17) is 5.26 Å². The number of hydrogen-bond donors (Lipinski definition) is 2. The first-order valence-corrected chi connectivity index (χ1v) is 8.45. The monoisotopic (exact) mass is 362 g/mol. The second-order valence-corrected chi connectivity index (χ2v) is 6.32. The third kappa shape index (κ3) is 4.30. The van der Waals surface area contributed by atoms with E-state index in [2.05, 4.69) is 10.6 Å². The predicted octanol–water partition coefficient (Wildman–Crippen LogP) is 2.51. The maximum atomic E-state index is 12.6. The molecule has 1 unspecified atom stereocenters. The average Bonchev–Trinajstić information content (AvgIpc) is 3.03. The van der Waals surface area contributed by atoms with E-state index >= 15 is 0 Å². The SMILES string of the molecule is CC(=O)Nc1cccc(NC(=O)C2CC(=O)N(c3ccc(C#N)cc3)C2)c1. The number of nitriles is 1. The molecule has 1 aliphatic rings. The summed E-state index contributed by atoms with van der Waals surface area (Å²) in [6, 6.07) is 15.6. The quantitative estimate of drug-likeness (QED) is 0.872. The van der Waals surface area contributed by atoms with Crippen molar-refractivity contribution in [1.82, 2.24) is 0 Å². The van der Waals surface area contributed by atoms with E-state index < -0.39 is 5.92 Å². The molecule has 1 saturated heterocycles. The zero-order valence-electron chi connectivity index (χ0n) is 14.7. The molecule has 7 nitrogen and oxygen atoms in total. The molecule has 7 heteroatoms. The number of hydrogen-bond acceptors (Lipinski definition) is 4. The summed E-state index contributed by atoms with van der Waals surface area (Å²) in [5.74, 6) is -1.05. The molecule has 0 radical (unpaired) electrons. The molecule has 1 atom stereocenters. The number of carbonyl (C=O) groups excluding carboxylic acids is 3. The normalized spacial score (nSPS) is 15.9. The van der Waals surface area contributed by atoms with Crippen LogP contribution in [0.15, 0.2) is 48.5 Å². The lowest BCUT2D eigenvalue weighted by molar-refractivity contribution is -0.122. The minimum atomic E-state index is -0.474. The van der Waals surface area contributed by atoms with E-state index in [9.17, 15) is 14.4 Å². The van der Waals surface area contributed by atoms with Crippen LogP contribution in [-0.2, 0) is 14.4 Å². The lowest BCUT2D eigenvalue weighted by Gasteiger charge is -2.17. The number of benzene rings is 2. The zero-order valence-corrected chi connectivity index (χ0v) is 14.7. The number of carbonyl (C=O) groups is 3. The summed E-state index contributed by atoms with van der Waals surface area (Å²) in [5.41, 5.74) is 2.32. The van der Waals surface area contributed by atoms with Crippen LogP contribution in [0.3, 0.4) is 0 Å². The Morgan fingerprint density at radius 2 is 1.78 bits per heavy atom. The molecule has 2 aromatic carbocycles. The summed E-state index contributed by atoms with van der Waals surface area (Å²) in [6.07, 6.45) is 0.122. The fraction of sp³-hybridized carbons (Fsp3) is 0.200. The van der Waals surface area contributed by atoms with E-state index in [-0.39, 0.29) is 30.7 Å². The molecular weight excluding hydrogens is 344 g/mol. The zero-order chi connectivity index (χ0) is 19.4. The highest BCUT2D eigenvalue weighted by Crippen LogP contribution is 2.26. The van der Waals surface area contributed by atoms with E-state index in [1.165, 1.54) is 6.92 Å². The molecule has 0 aromatic heterocycles. The predicted molar refractivity (Wildman–Crippen MR) is 101 cm³/mol. The van der Waals surface area contributed by atoms with Crippen LogP contribution in [0, 0.1) is 17.2 Å². The Balaban J connectivity index is 1.67. The number of nitrogens with zero attached hydrogens (tertiary/aromatic N) is 2. The van der Waals surface area contributed by atoms with Gasteiger partial charge in [0.15, 0.2) is 0 Å². The number of anilines is 3. The van der Waals surface area contributed by atoms with Gasteiger partial charge in [0.25, 0.3) is 0 Å². The average molecular weight is 362 g/mol. The van der Waals surface area contributed by atoms with Crippen LogP contribution in [0.4, 0.5) is 17.1 Å². The molecule has 0 spiro atoms. The Kier molecular flexibility index (Phi) is 5.18. The highest BCUT2D eigenvalue weighted by molar-refractivity contribution is 6.03. The summed E-state index contributed by atoms with van der Waals surface area (Å²) >= 11 is 0. The minimum Gasteiger partial charge on any atom is -0.326 e. The topological polar surface area (TPSA) is 102 Å². The molecule has 136 valence electrons. The number of nitrogens with one attached hydrogen (secondary N) is 2. The van der Waals surface area contributed by atoms with Crippen molar-refractivity contribution in [2.45, 2.75) is 13.3 Å². The van der Waals surface area contributed by atoms with Crippen LogP contribution in [0.5, 0.6) is 0 Å². The standard InChI is InChI=1S/C20H18N4O3/c1-13(25)22-16-3-2-4-17(10-16)23-20(27)15-9-19(26)24(12-15)18-7-5-14(11-21)6-8-18/h2-8,10,15H,9,12H2,1H3,(H,22,25)(H,23,27). The van der Waals surface area contributed by atoms with Gasteiger partial charge < -0.3 is 15.5 Å². The molecular formula is C20H18N4O3. The number of rotatable bonds is 4. The Bertz CT molecular complexity index is 931. The van der Waals surface area contributed by atoms with Gasteiger partial charge in [-0.15, -0.1) is 0 Å². The Hall–Kier alpha value is -3.66. The Morgan fingerprint density at radius 3 is 2.41 bits per heavy atom. The summed E-state index contributed by atoms with van der Waals surface area (Å²) in [4.78, 5) is 37.6. The highest BCUT2D eigenvalue weighted by atomic mass is 16.2. The van der Waals surface area contributed by atoms with Crippen molar-refractivity contribution in [3.05, 3.63) is 54.1 Å². The largest absolute Gasteiger partial charge is 0.326 e. The second-order valence-electron chi connectivity index (χ2n) is 6.32. The van der Waals surface area contributed by atoms with Crippen molar-refractivity contribution in [1.29, 1.82) is 5.26 Å². The second kappa shape index (κ2) is 7.70. The summed E-state index contributed by atoms with van der Waals surface area (Å²) in [5, 5.41) is 14.3. The maximum Gasteiger partial charge on any atom is 0.229 e. The highest BCUT2D eigenvalue weighted by Gasteiger charge is 2.35. The summed E-state index contributed by atoms with van der Waals surface area (Å²) in [7, 11) is 0. The van der Waals surface area contributed by atoms with Crippen molar-refractivity contribution in [3.8, 4) is 6.07 Å². The summed E-state index contributed by atoms with van der Waals surface area (Å²) < 4.78 is 0. The molecule has 1 aliphatic heterocycles. The van der Waals surface area contributed by atoms with Gasteiger partial charge in [0, 0.05) is 37.0 Å². The van der Waals surface area contributed by atoms with Gasteiger partial charge in [-0.2, -0.15) is 5.26 Å². The first kappa shape index (κ1) is 18.1. The van der Waals surface area contributed by atoms with Crippen molar-refractivity contribution in [2.24, 2.45) is 5.92 Å². The maximum absolute atomic E-state index is 12.6. The first-order chi connectivity index (χ1) is 13.0. The van der Waals surface area contributed by atoms with Crippen LogP contribution in [0.2, 0.25) is 0 Å². The van der Waals surface area contributed by atoms with E-state index in [1.54, 1.807) is 53.4 Å². The molecule has 2 aromatic rings. The molecule has 3 rings (SSSR count). The fourth-order valence-electron chi connectivity index (χ4n) is 2.97. The third-order valence-corrected chi connectivity index (χ3v) is 4.25. The van der Waals surface area contributed by atoms with Gasteiger partial charge in [-0.1, -0.05) is 6.07 Å². The van der Waals surface area contributed by atoms with Gasteiger partial charge in [0.2, 0.25) is 17.7 Å². The van der Waals surface area contributed by atoms with Gasteiger partial charge >= 0.3 is 0 Å². The molecule has 0 aliphatic carbocycles. The first-order valence-electron chi connectivity index (χ1n) is 8.45. The van der Waals surface area contributed by atoms with Crippen LogP contribution in [-0.4, -0.2) is 24.3 Å². The molecule has 27 heavy (non-hydrogen) atoms. The Labute approximate surface area is 156 Å². The van der Waals surface area contributed by atoms with Gasteiger partial charge in [-0.25, -0.2) is 0 Å². The molecule has 3 amide bonds. The molecule has 0 saturated carbocycles.